The van der Waals surface area contributed by atoms with E-state index in [1.807, 2.05) is 25.1 Å². The van der Waals surface area contributed by atoms with Crippen LogP contribution in [-0.2, 0) is 0 Å². The van der Waals surface area contributed by atoms with Crippen LogP contribution in [0.4, 0.5) is 11.5 Å². The molecule has 4 nitrogen and oxygen atoms in total. The Morgan fingerprint density at radius 2 is 2.05 bits per heavy atom. The van der Waals surface area contributed by atoms with Crippen molar-refractivity contribution in [2.75, 3.05) is 17.6 Å². The summed E-state index contributed by atoms with van der Waals surface area (Å²) in [6, 6.07) is 9.13. The Morgan fingerprint density at radius 1 is 1.37 bits per heavy atom. The fraction of sp³-hybridized carbons (Fsp3) is 0.214. The van der Waals surface area contributed by atoms with Gasteiger partial charge in [-0.05, 0) is 52.2 Å². The van der Waals surface area contributed by atoms with E-state index >= 15 is 0 Å². The lowest BCUT2D eigenvalue weighted by Crippen LogP contribution is -2.13. The average molecular weight is 322 g/mol. The van der Waals surface area contributed by atoms with Crippen molar-refractivity contribution in [2.24, 2.45) is 0 Å². The van der Waals surface area contributed by atoms with E-state index in [4.69, 9.17) is 5.73 Å². The van der Waals surface area contributed by atoms with Crippen LogP contribution in [0, 0.1) is 6.92 Å². The molecule has 1 aromatic carbocycles. The first-order valence-corrected chi connectivity index (χ1v) is 6.75. The summed E-state index contributed by atoms with van der Waals surface area (Å²) in [6.45, 7) is 2.39. The van der Waals surface area contributed by atoms with Crippen LogP contribution in [0.1, 0.15) is 17.2 Å². The van der Waals surface area contributed by atoms with Crippen molar-refractivity contribution in [1.82, 2.24) is 4.98 Å². The number of hydrogen-bond donors (Lipinski definition) is 3. The summed E-state index contributed by atoms with van der Waals surface area (Å²) < 4.78 is 0.970. The van der Waals surface area contributed by atoms with Crippen LogP contribution in [0.3, 0.4) is 0 Å². The number of benzene rings is 1. The van der Waals surface area contributed by atoms with Crippen LogP contribution in [0.2, 0.25) is 0 Å². The van der Waals surface area contributed by atoms with E-state index < -0.39 is 6.10 Å². The number of halogens is 1. The van der Waals surface area contributed by atoms with E-state index in [9.17, 15) is 5.11 Å². The second-order valence-electron chi connectivity index (χ2n) is 4.38. The molecule has 0 radical (unpaired) electrons. The number of nitrogens with two attached hydrogens (primary N) is 1. The Kier molecular flexibility index (Phi) is 4.39. The van der Waals surface area contributed by atoms with Crippen molar-refractivity contribution in [2.45, 2.75) is 13.0 Å². The molecule has 0 spiro atoms. The van der Waals surface area contributed by atoms with Gasteiger partial charge in [0.1, 0.15) is 5.82 Å². The van der Waals surface area contributed by atoms with Gasteiger partial charge in [0.25, 0.3) is 0 Å². The molecular formula is C14H16BrN3O. The van der Waals surface area contributed by atoms with Crippen LogP contribution >= 0.6 is 15.9 Å². The highest BCUT2D eigenvalue weighted by atomic mass is 79.9. The van der Waals surface area contributed by atoms with E-state index in [1.54, 1.807) is 18.3 Å². The second-order valence-corrected chi connectivity index (χ2v) is 5.24. The minimum absolute atomic E-state index is 0.401. The van der Waals surface area contributed by atoms with E-state index in [2.05, 4.69) is 26.2 Å². The third-order valence-corrected chi connectivity index (χ3v) is 3.67. The summed E-state index contributed by atoms with van der Waals surface area (Å²) in [5, 5.41) is 13.2. The molecule has 5 heteroatoms. The molecule has 0 saturated heterocycles. The monoisotopic (exact) mass is 321 g/mol. The van der Waals surface area contributed by atoms with Crippen molar-refractivity contribution >= 4 is 27.4 Å². The number of aryl methyl sites for hydroxylation is 1. The van der Waals surface area contributed by atoms with Crippen LogP contribution in [0.15, 0.2) is 41.0 Å². The number of aliphatic hydroxyl groups is 1. The maximum absolute atomic E-state index is 10.1. The second kappa shape index (κ2) is 6.04. The van der Waals surface area contributed by atoms with Gasteiger partial charge < -0.3 is 16.2 Å². The number of nitrogens with one attached hydrogen (secondary N) is 1. The van der Waals surface area contributed by atoms with Gasteiger partial charge in [-0.2, -0.15) is 0 Å². The smallest absolute Gasteiger partial charge is 0.126 e. The normalized spacial score (nSPS) is 12.2. The molecule has 0 saturated carbocycles. The molecule has 4 N–H and O–H groups in total. The van der Waals surface area contributed by atoms with E-state index in [0.29, 0.717) is 12.2 Å². The summed E-state index contributed by atoms with van der Waals surface area (Å²) in [5.74, 6) is 0.746. The average Bonchev–Trinajstić information content (AvgIpc) is 2.40. The first-order valence-electron chi connectivity index (χ1n) is 5.96. The highest BCUT2D eigenvalue weighted by Gasteiger charge is 2.07. The topological polar surface area (TPSA) is 71.2 Å². The first-order chi connectivity index (χ1) is 9.06. The van der Waals surface area contributed by atoms with Crippen molar-refractivity contribution in [1.29, 1.82) is 0 Å². The zero-order valence-electron chi connectivity index (χ0n) is 10.6. The van der Waals surface area contributed by atoms with Crippen LogP contribution in [-0.4, -0.2) is 16.6 Å². The third kappa shape index (κ3) is 3.68. The highest BCUT2D eigenvalue weighted by molar-refractivity contribution is 9.10. The van der Waals surface area contributed by atoms with Gasteiger partial charge in [0.05, 0.1) is 6.10 Å². The number of aromatic nitrogens is 1. The van der Waals surface area contributed by atoms with Gasteiger partial charge in [-0.25, -0.2) is 4.98 Å². The van der Waals surface area contributed by atoms with Gasteiger partial charge in [0.15, 0.2) is 0 Å². The number of aliphatic hydroxyl groups excluding tert-OH is 1. The minimum Gasteiger partial charge on any atom is -0.399 e. The van der Waals surface area contributed by atoms with Crippen LogP contribution in [0.25, 0.3) is 0 Å². The molecule has 1 atom stereocenters. The molecule has 1 aromatic heterocycles. The fourth-order valence-electron chi connectivity index (χ4n) is 1.67. The quantitative estimate of drug-likeness (QED) is 0.757. The Hall–Kier alpha value is -1.59. The highest BCUT2D eigenvalue weighted by Crippen LogP contribution is 2.19. The fourth-order valence-corrected chi connectivity index (χ4v) is 1.89. The van der Waals surface area contributed by atoms with Crippen molar-refractivity contribution in [3.63, 3.8) is 0 Å². The molecule has 19 heavy (non-hydrogen) atoms. The molecule has 0 amide bonds. The minimum atomic E-state index is -0.591. The number of pyridine rings is 1. The maximum atomic E-state index is 10.1. The molecule has 0 bridgehead atoms. The lowest BCUT2D eigenvalue weighted by atomic mass is 10.1. The summed E-state index contributed by atoms with van der Waals surface area (Å²) in [4.78, 5) is 4.23. The summed E-state index contributed by atoms with van der Waals surface area (Å²) >= 11 is 3.40. The zero-order chi connectivity index (χ0) is 13.8. The van der Waals surface area contributed by atoms with Gasteiger partial charge in [-0.3, -0.25) is 0 Å². The van der Waals surface area contributed by atoms with Gasteiger partial charge in [-0.15, -0.1) is 0 Å². The lowest BCUT2D eigenvalue weighted by molar-refractivity contribution is 0.191. The van der Waals surface area contributed by atoms with E-state index in [-0.39, 0.29) is 0 Å². The molecule has 0 aliphatic carbocycles. The number of anilines is 2. The first kappa shape index (κ1) is 13.8. The molecule has 0 aliphatic heterocycles. The van der Waals surface area contributed by atoms with Gasteiger partial charge in [-0.1, -0.05) is 12.1 Å². The standard InChI is InChI=1S/C14H16BrN3O/c1-9-6-14(17-7-12(9)15)18-8-13(19)10-2-4-11(16)5-3-10/h2-7,13,19H,8,16H2,1H3,(H,17,18). The van der Waals surface area contributed by atoms with E-state index in [1.165, 1.54) is 0 Å². The largest absolute Gasteiger partial charge is 0.399 e. The Labute approximate surface area is 120 Å². The Bertz CT molecular complexity index is 557. The molecular weight excluding hydrogens is 306 g/mol. The molecule has 1 heterocycles. The summed E-state index contributed by atoms with van der Waals surface area (Å²) in [6.07, 6.45) is 1.15. The van der Waals surface area contributed by atoms with Crippen molar-refractivity contribution in [3.05, 3.63) is 52.1 Å². The Balaban J connectivity index is 1.98. The number of hydrogen-bond acceptors (Lipinski definition) is 4. The summed E-state index contributed by atoms with van der Waals surface area (Å²) in [5.41, 5.74) is 8.23. The number of rotatable bonds is 4. The maximum Gasteiger partial charge on any atom is 0.126 e. The van der Waals surface area contributed by atoms with Crippen LogP contribution in [0.5, 0.6) is 0 Å². The zero-order valence-corrected chi connectivity index (χ0v) is 12.2. The lowest BCUT2D eigenvalue weighted by Gasteiger charge is -2.13. The molecule has 0 aliphatic rings. The molecule has 0 fully saturated rings. The third-order valence-electron chi connectivity index (χ3n) is 2.84. The molecule has 100 valence electrons. The summed E-state index contributed by atoms with van der Waals surface area (Å²) in [7, 11) is 0. The molecule has 2 rings (SSSR count). The SMILES string of the molecule is Cc1cc(NCC(O)c2ccc(N)cc2)ncc1Br. The predicted molar refractivity (Wildman–Crippen MR) is 81.0 cm³/mol. The Morgan fingerprint density at radius 3 is 2.68 bits per heavy atom. The van der Waals surface area contributed by atoms with Crippen molar-refractivity contribution in [3.8, 4) is 0 Å². The van der Waals surface area contributed by atoms with Crippen molar-refractivity contribution < 1.29 is 5.11 Å². The van der Waals surface area contributed by atoms with E-state index in [0.717, 1.165) is 21.4 Å². The van der Waals surface area contributed by atoms with Gasteiger partial charge >= 0.3 is 0 Å². The van der Waals surface area contributed by atoms with Crippen LogP contribution < -0.4 is 11.1 Å². The molecule has 1 unspecified atom stereocenters. The number of nitrogens with zero attached hydrogens (tertiary/aromatic N) is 1. The number of nitrogen functional groups attached to an aromatic ring is 1. The predicted octanol–water partition coefficient (Wildman–Crippen LogP) is 2.88. The van der Waals surface area contributed by atoms with Gasteiger partial charge in [0, 0.05) is 22.9 Å². The van der Waals surface area contributed by atoms with Gasteiger partial charge in [0.2, 0.25) is 0 Å². The molecule has 2 aromatic rings.